The number of imidazole rings is 1. The number of urea groups is 1. The first kappa shape index (κ1) is 35.5. The Bertz CT molecular complexity index is 1890. The number of carbonyl (C=O) groups is 2. The SMILES string of the molecule is CC(=O)N[C@H]1C[C@@H](n2cnc3c(NCC(c4ccccc4)c4ccccc4)nc(N4CCC(NC(=O)Nc5cccnc5)C4)nc32)[C@H](O)[C@@H]1O.Cl. The van der Waals surface area contributed by atoms with Crippen molar-refractivity contribution in [2.24, 2.45) is 0 Å². The normalized spacial score (nSPS) is 21.3. The molecule has 5 atom stereocenters. The molecule has 1 saturated carbocycles. The number of fused-ring (bicyclic) bond motifs is 1. The van der Waals surface area contributed by atoms with Crippen molar-refractivity contribution < 1.29 is 19.8 Å². The second kappa shape index (κ2) is 15.7. The van der Waals surface area contributed by atoms with E-state index in [1.165, 1.54) is 6.92 Å². The number of nitrogens with zero attached hydrogens (tertiary/aromatic N) is 6. The first-order valence-electron chi connectivity index (χ1n) is 16.8. The highest BCUT2D eigenvalue weighted by molar-refractivity contribution is 5.89. The summed E-state index contributed by atoms with van der Waals surface area (Å²) in [6.45, 7) is 2.98. The fraction of sp³-hybridized carbons (Fsp3) is 0.333. The van der Waals surface area contributed by atoms with Gasteiger partial charge in [-0.15, -0.1) is 12.4 Å². The molecule has 2 aliphatic rings. The number of pyridine rings is 1. The predicted octanol–water partition coefficient (Wildman–Crippen LogP) is 3.46. The number of aliphatic hydroxyl groups is 2. The smallest absolute Gasteiger partial charge is 0.319 e. The molecule has 14 nitrogen and oxygen atoms in total. The van der Waals surface area contributed by atoms with E-state index in [0.29, 0.717) is 61.1 Å². The van der Waals surface area contributed by atoms with Gasteiger partial charge in [-0.25, -0.2) is 9.78 Å². The van der Waals surface area contributed by atoms with Gasteiger partial charge in [0.05, 0.1) is 30.3 Å². The minimum atomic E-state index is -1.15. The zero-order chi connectivity index (χ0) is 34.6. The van der Waals surface area contributed by atoms with Crippen molar-refractivity contribution in [3.63, 3.8) is 0 Å². The summed E-state index contributed by atoms with van der Waals surface area (Å²) >= 11 is 0. The summed E-state index contributed by atoms with van der Waals surface area (Å²) in [5.41, 5.74) is 3.89. The number of anilines is 3. The Balaban J connectivity index is 0.00000448. The molecule has 7 rings (SSSR count). The van der Waals surface area contributed by atoms with Crippen LogP contribution in [0.25, 0.3) is 11.2 Å². The van der Waals surface area contributed by atoms with Crippen molar-refractivity contribution in [1.82, 2.24) is 35.1 Å². The molecule has 2 fully saturated rings. The second-order valence-electron chi connectivity index (χ2n) is 12.8. The van der Waals surface area contributed by atoms with Crippen LogP contribution in [0.5, 0.6) is 0 Å². The third kappa shape index (κ3) is 7.88. The maximum atomic E-state index is 12.7. The van der Waals surface area contributed by atoms with E-state index in [2.05, 4.69) is 50.5 Å². The summed E-state index contributed by atoms with van der Waals surface area (Å²) in [4.78, 5) is 45.2. The molecule has 0 spiro atoms. The number of hydrogen-bond acceptors (Lipinski definition) is 10. The summed E-state index contributed by atoms with van der Waals surface area (Å²) in [5, 5.41) is 34.1. The third-order valence-electron chi connectivity index (χ3n) is 9.41. The van der Waals surface area contributed by atoms with E-state index < -0.39 is 24.3 Å². The topological polar surface area (TPSA) is 182 Å². The van der Waals surface area contributed by atoms with Crippen LogP contribution in [0.1, 0.15) is 42.9 Å². The zero-order valence-corrected chi connectivity index (χ0v) is 28.8. The van der Waals surface area contributed by atoms with Crippen LogP contribution >= 0.6 is 12.4 Å². The van der Waals surface area contributed by atoms with Crippen LogP contribution in [0, 0.1) is 0 Å². The highest BCUT2D eigenvalue weighted by Gasteiger charge is 2.43. The lowest BCUT2D eigenvalue weighted by Gasteiger charge is -2.22. The van der Waals surface area contributed by atoms with Crippen LogP contribution in [0.2, 0.25) is 0 Å². The fourth-order valence-electron chi connectivity index (χ4n) is 6.95. The van der Waals surface area contributed by atoms with Crippen molar-refractivity contribution >= 4 is 53.0 Å². The Morgan fingerprint density at radius 3 is 2.33 bits per heavy atom. The monoisotopic (exact) mass is 712 g/mol. The highest BCUT2D eigenvalue weighted by atomic mass is 35.5. The number of aromatic nitrogens is 5. The molecule has 266 valence electrons. The van der Waals surface area contributed by atoms with Crippen LogP contribution in [0.3, 0.4) is 0 Å². The number of hydrogen-bond donors (Lipinski definition) is 6. The van der Waals surface area contributed by atoms with E-state index in [-0.39, 0.29) is 36.3 Å². The van der Waals surface area contributed by atoms with Crippen molar-refractivity contribution in [2.45, 2.75) is 56.0 Å². The molecule has 0 radical (unpaired) electrons. The lowest BCUT2D eigenvalue weighted by atomic mass is 9.91. The highest BCUT2D eigenvalue weighted by Crippen LogP contribution is 2.35. The summed E-state index contributed by atoms with van der Waals surface area (Å²) in [6.07, 6.45) is 3.50. The van der Waals surface area contributed by atoms with E-state index in [0.717, 1.165) is 11.1 Å². The Hall–Kier alpha value is -5.31. The van der Waals surface area contributed by atoms with E-state index >= 15 is 0 Å². The minimum absolute atomic E-state index is 0. The molecule has 51 heavy (non-hydrogen) atoms. The van der Waals surface area contributed by atoms with Gasteiger partial charge in [-0.2, -0.15) is 9.97 Å². The van der Waals surface area contributed by atoms with Crippen LogP contribution in [0.4, 0.5) is 22.2 Å². The molecule has 3 amide bonds. The molecular formula is C36H41ClN10O4. The van der Waals surface area contributed by atoms with Crippen LogP contribution < -0.4 is 26.2 Å². The molecule has 1 aliphatic carbocycles. The van der Waals surface area contributed by atoms with Crippen molar-refractivity contribution in [3.8, 4) is 0 Å². The second-order valence-corrected chi connectivity index (χ2v) is 12.8. The van der Waals surface area contributed by atoms with Gasteiger partial charge in [-0.05, 0) is 36.1 Å². The number of benzene rings is 2. The van der Waals surface area contributed by atoms with Gasteiger partial charge in [0.15, 0.2) is 17.0 Å². The molecular weight excluding hydrogens is 672 g/mol. The summed E-state index contributed by atoms with van der Waals surface area (Å²) < 4.78 is 1.76. The summed E-state index contributed by atoms with van der Waals surface area (Å²) in [6, 6.07) is 22.4. The molecule has 4 heterocycles. The van der Waals surface area contributed by atoms with Crippen LogP contribution in [0.15, 0.2) is 91.5 Å². The molecule has 2 aromatic carbocycles. The molecule has 1 aliphatic heterocycles. The van der Waals surface area contributed by atoms with Gasteiger partial charge in [0.25, 0.3) is 0 Å². The van der Waals surface area contributed by atoms with Gasteiger partial charge in [-0.1, -0.05) is 60.7 Å². The molecule has 6 N–H and O–H groups in total. The number of aliphatic hydroxyl groups excluding tert-OH is 2. The van der Waals surface area contributed by atoms with Crippen molar-refractivity contribution in [2.75, 3.05) is 35.2 Å². The Morgan fingerprint density at radius 1 is 0.941 bits per heavy atom. The standard InChI is InChI=1S/C36H40N10O4.ClH/c1-22(47)40-28-17-29(32(49)31(28)48)46-21-39-30-33(38-19-27(23-9-4-2-5-10-23)24-11-6-3-7-12-24)43-35(44-34(30)46)45-16-14-26(20-45)42-36(50)41-25-13-8-15-37-18-25;/h2-13,15,18,21,26-29,31-32,48-49H,14,16-17,19-20H2,1H3,(H,40,47)(H,38,43,44)(H2,41,42,50);1H/t26?,28-,29+,31+,32-;/m0./s1. The van der Waals surface area contributed by atoms with Gasteiger partial charge in [0.2, 0.25) is 11.9 Å². The quantitative estimate of drug-likeness (QED) is 0.125. The lowest BCUT2D eigenvalue weighted by Crippen LogP contribution is -2.42. The van der Waals surface area contributed by atoms with Crippen molar-refractivity contribution in [3.05, 3.63) is 103 Å². The fourth-order valence-corrected chi connectivity index (χ4v) is 6.95. The maximum absolute atomic E-state index is 12.7. The van der Waals surface area contributed by atoms with Crippen LogP contribution in [-0.4, -0.2) is 90.6 Å². The maximum Gasteiger partial charge on any atom is 0.319 e. The van der Waals surface area contributed by atoms with Gasteiger partial charge in [0, 0.05) is 44.7 Å². The number of nitrogens with one attached hydrogen (secondary N) is 4. The van der Waals surface area contributed by atoms with Gasteiger partial charge < -0.3 is 40.9 Å². The predicted molar refractivity (Wildman–Crippen MR) is 196 cm³/mol. The summed E-state index contributed by atoms with van der Waals surface area (Å²) in [7, 11) is 0. The van der Waals surface area contributed by atoms with Gasteiger partial charge in [-0.3, -0.25) is 9.78 Å². The van der Waals surface area contributed by atoms with E-state index in [1.807, 2.05) is 41.3 Å². The lowest BCUT2D eigenvalue weighted by molar-refractivity contribution is -0.120. The van der Waals surface area contributed by atoms with Crippen molar-refractivity contribution in [1.29, 1.82) is 0 Å². The van der Waals surface area contributed by atoms with E-state index in [1.54, 1.807) is 35.4 Å². The molecule has 1 unspecified atom stereocenters. The number of rotatable bonds is 10. The minimum Gasteiger partial charge on any atom is -0.388 e. The third-order valence-corrected chi connectivity index (χ3v) is 9.41. The average Bonchev–Trinajstić information content (AvgIpc) is 3.84. The molecule has 5 aromatic rings. The Kier molecular flexibility index (Phi) is 10.9. The number of amides is 3. The van der Waals surface area contributed by atoms with Gasteiger partial charge >= 0.3 is 6.03 Å². The molecule has 3 aromatic heterocycles. The first-order valence-corrected chi connectivity index (χ1v) is 16.8. The number of halogens is 1. The van der Waals surface area contributed by atoms with Gasteiger partial charge in [0.1, 0.15) is 12.2 Å². The zero-order valence-electron chi connectivity index (χ0n) is 28.0. The van der Waals surface area contributed by atoms with E-state index in [9.17, 15) is 19.8 Å². The Labute approximate surface area is 301 Å². The van der Waals surface area contributed by atoms with E-state index in [4.69, 9.17) is 15.0 Å². The molecule has 15 heteroatoms. The molecule has 0 bridgehead atoms. The first-order chi connectivity index (χ1) is 24.3. The Morgan fingerprint density at radius 2 is 1.67 bits per heavy atom. The summed E-state index contributed by atoms with van der Waals surface area (Å²) in [5.74, 6) is 0.696. The number of carbonyl (C=O) groups excluding carboxylic acids is 2. The molecule has 1 saturated heterocycles. The largest absolute Gasteiger partial charge is 0.388 e. The van der Waals surface area contributed by atoms with Crippen LogP contribution in [-0.2, 0) is 4.79 Å². The average molecular weight is 713 g/mol.